The van der Waals surface area contributed by atoms with Gasteiger partial charge in [0.15, 0.2) is 18.6 Å². The average molecular weight is 789 g/mol. The van der Waals surface area contributed by atoms with Gasteiger partial charge in [-0.3, -0.25) is 4.79 Å². The lowest BCUT2D eigenvalue weighted by Gasteiger charge is -2.10. The van der Waals surface area contributed by atoms with Crippen molar-refractivity contribution in [3.63, 3.8) is 0 Å². The van der Waals surface area contributed by atoms with Crippen molar-refractivity contribution >= 4 is 54.1 Å². The minimum Gasteiger partial charge on any atom is -0.744 e. The molecule has 7 aromatic rings. The van der Waals surface area contributed by atoms with Gasteiger partial charge in [0.25, 0.3) is 5.91 Å². The third-order valence-electron chi connectivity index (χ3n) is 8.54. The zero-order valence-corrected chi connectivity index (χ0v) is 32.7. The number of aryl methyl sites for hydroxylation is 4. The number of hydrogen-bond acceptors (Lipinski definition) is 8. The van der Waals surface area contributed by atoms with E-state index in [0.29, 0.717) is 5.56 Å². The second-order valence-corrected chi connectivity index (χ2v) is 15.6. The molecule has 0 saturated carbocycles. The van der Waals surface area contributed by atoms with Crippen LogP contribution in [-0.4, -0.2) is 31.8 Å². The van der Waals surface area contributed by atoms with Crippen LogP contribution in [0.4, 0.5) is 17.1 Å². The Kier molecular flexibility index (Phi) is 13.1. The summed E-state index contributed by atoms with van der Waals surface area (Å²) in [6, 6.07) is 41.4. The van der Waals surface area contributed by atoms with Gasteiger partial charge in [-0.15, -0.1) is 0 Å². The lowest BCUT2D eigenvalue weighted by Crippen LogP contribution is -2.28. The second kappa shape index (κ2) is 17.9. The van der Waals surface area contributed by atoms with Gasteiger partial charge in [-0.05, 0) is 91.7 Å². The number of para-hydroxylation sites is 1. The van der Waals surface area contributed by atoms with Crippen molar-refractivity contribution in [2.24, 2.45) is 14.1 Å². The number of carbonyl (C=O) groups excluding carboxylic acids is 1. The van der Waals surface area contributed by atoms with E-state index >= 15 is 0 Å². The normalized spacial score (nSPS) is 11.0. The number of hydrogen-bond donors (Lipinski definition) is 2. The minimum atomic E-state index is -4.27. The number of pyridine rings is 2. The summed E-state index contributed by atoms with van der Waals surface area (Å²) >= 11 is 0. The zero-order valence-electron chi connectivity index (χ0n) is 31.1. The summed E-state index contributed by atoms with van der Waals surface area (Å²) in [5, 5.41) is 7.59. The molecular weight excluding hydrogens is 749 g/mol. The zero-order chi connectivity index (χ0) is 40.5. The van der Waals surface area contributed by atoms with Crippen LogP contribution in [0.25, 0.3) is 22.0 Å². The molecule has 2 N–H and O–H groups in total. The van der Waals surface area contributed by atoms with E-state index in [4.69, 9.17) is 0 Å². The van der Waals surface area contributed by atoms with E-state index in [1.165, 1.54) is 24.3 Å². The van der Waals surface area contributed by atoms with Crippen LogP contribution in [0.5, 0.6) is 0 Å². The summed E-state index contributed by atoms with van der Waals surface area (Å²) in [6.07, 6.45) is 6.07. The number of amides is 1. The van der Waals surface area contributed by atoms with Crippen molar-refractivity contribution in [2.75, 3.05) is 10.6 Å². The Balaban J connectivity index is 0.000000222. The Morgan fingerprint density at radius 2 is 1.04 bits per heavy atom. The summed E-state index contributed by atoms with van der Waals surface area (Å²) in [6.45, 7) is 3.64. The van der Waals surface area contributed by atoms with E-state index < -0.39 is 20.2 Å². The second-order valence-electron chi connectivity index (χ2n) is 12.9. The van der Waals surface area contributed by atoms with Gasteiger partial charge in [0, 0.05) is 41.2 Å². The third-order valence-corrected chi connectivity index (χ3v) is 10.2. The van der Waals surface area contributed by atoms with Crippen molar-refractivity contribution in [1.82, 2.24) is 0 Å². The van der Waals surface area contributed by atoms with Gasteiger partial charge in [-0.2, -0.15) is 0 Å². The Labute approximate surface area is 327 Å². The van der Waals surface area contributed by atoms with Crippen LogP contribution in [0.15, 0.2) is 168 Å². The first-order valence-electron chi connectivity index (χ1n) is 17.2. The molecule has 0 spiro atoms. The Morgan fingerprint density at radius 1 is 0.554 bits per heavy atom. The number of fused-ring (bicyclic) bond motifs is 1. The van der Waals surface area contributed by atoms with Gasteiger partial charge >= 0.3 is 0 Å². The first kappa shape index (κ1) is 40.9. The maximum atomic E-state index is 12.8. The highest BCUT2D eigenvalue weighted by atomic mass is 32.2. The van der Waals surface area contributed by atoms with Gasteiger partial charge in [-0.25, -0.2) is 26.0 Å². The molecule has 0 unspecified atom stereocenters. The molecule has 7 rings (SSSR count). The van der Waals surface area contributed by atoms with Crippen LogP contribution < -0.4 is 19.8 Å². The third kappa shape index (κ3) is 11.4. The summed E-state index contributed by atoms with van der Waals surface area (Å²) < 4.78 is 66.4. The summed E-state index contributed by atoms with van der Waals surface area (Å²) in [5.74, 6) is -0.136. The standard InChI is InChI=1S/C29H24N4O.2C7H8O3S/c1-32-18-15-22(16-19-32)21-7-11-25(12-8-21)31-29(34)23-9-13-24(14-10-23)30-27-17-20-33(2)28-6-4-3-5-26(27)28;2*1-6-2-4-7(5-3-6)11(8,9)10/h3-20H,1-2H3;2*2-5H,1H3,(H,8,9,10). The first-order valence-corrected chi connectivity index (χ1v) is 20.1. The van der Waals surface area contributed by atoms with E-state index in [2.05, 4.69) is 45.5 Å². The molecule has 0 fully saturated rings. The van der Waals surface area contributed by atoms with Crippen LogP contribution in [-0.2, 0) is 34.3 Å². The fourth-order valence-corrected chi connectivity index (χ4v) is 6.33. The molecule has 0 bridgehead atoms. The number of rotatable bonds is 7. The summed E-state index contributed by atoms with van der Waals surface area (Å²) in [5.41, 5.74) is 8.57. The summed E-state index contributed by atoms with van der Waals surface area (Å²) in [4.78, 5) is 12.4. The molecule has 286 valence electrons. The van der Waals surface area contributed by atoms with Crippen molar-refractivity contribution < 1.29 is 39.9 Å². The highest BCUT2D eigenvalue weighted by molar-refractivity contribution is 7.86. The quantitative estimate of drug-likeness (QED) is 0.130. The molecule has 2 aromatic heterocycles. The lowest BCUT2D eigenvalue weighted by atomic mass is 10.1. The monoisotopic (exact) mass is 788 g/mol. The highest BCUT2D eigenvalue weighted by Crippen LogP contribution is 2.25. The molecule has 2 heterocycles. The van der Waals surface area contributed by atoms with Crippen molar-refractivity contribution in [1.29, 1.82) is 0 Å². The molecule has 5 aromatic carbocycles. The van der Waals surface area contributed by atoms with Crippen molar-refractivity contribution in [2.45, 2.75) is 23.6 Å². The van der Waals surface area contributed by atoms with Crippen molar-refractivity contribution in [3.05, 3.63) is 175 Å². The lowest BCUT2D eigenvalue weighted by molar-refractivity contribution is -0.671. The fraction of sp³-hybridized carbons (Fsp3) is 0.0930. The van der Waals surface area contributed by atoms with Gasteiger partial charge in [0.1, 0.15) is 34.3 Å². The number of aromatic nitrogens is 2. The highest BCUT2D eigenvalue weighted by Gasteiger charge is 2.11. The maximum absolute atomic E-state index is 12.8. The predicted molar refractivity (Wildman–Crippen MR) is 214 cm³/mol. The van der Waals surface area contributed by atoms with Crippen molar-refractivity contribution in [3.8, 4) is 11.1 Å². The van der Waals surface area contributed by atoms with E-state index in [9.17, 15) is 30.7 Å². The molecule has 0 atom stereocenters. The van der Waals surface area contributed by atoms with E-state index in [0.717, 1.165) is 50.2 Å². The van der Waals surface area contributed by atoms with E-state index in [1.54, 1.807) is 24.3 Å². The van der Waals surface area contributed by atoms with Crippen LogP contribution in [0.3, 0.4) is 0 Å². The molecule has 1 amide bonds. The smallest absolute Gasteiger partial charge is 0.255 e. The molecule has 0 saturated heterocycles. The van der Waals surface area contributed by atoms with Gasteiger partial charge in [-0.1, -0.05) is 59.7 Å². The fourth-order valence-electron chi connectivity index (χ4n) is 5.39. The SMILES string of the molecule is C[n+]1ccc(-c2ccc(NC(=O)c3ccc(Nc4cc[n+](C)c5ccccc45)cc3)cc2)cc1.Cc1ccc(S(=O)(=O)[O-])cc1.Cc1ccc(S(=O)(=O)[O-])cc1. The topological polar surface area (TPSA) is 163 Å². The molecule has 0 aliphatic heterocycles. The van der Waals surface area contributed by atoms with Crippen LogP contribution in [0, 0.1) is 13.8 Å². The van der Waals surface area contributed by atoms with Crippen LogP contribution in [0.2, 0.25) is 0 Å². The molecule has 11 nitrogen and oxygen atoms in total. The van der Waals surface area contributed by atoms with Gasteiger partial charge in [0.05, 0.1) is 20.9 Å². The molecule has 0 radical (unpaired) electrons. The van der Waals surface area contributed by atoms with Gasteiger partial charge in [0.2, 0.25) is 5.52 Å². The molecular formula is C43H40N4O7S2. The average Bonchev–Trinajstić information content (AvgIpc) is 3.17. The number of nitrogens with one attached hydrogen (secondary N) is 2. The Hall–Kier alpha value is -6.25. The van der Waals surface area contributed by atoms with E-state index in [1.807, 2.05) is 112 Å². The van der Waals surface area contributed by atoms with Crippen LogP contribution in [0.1, 0.15) is 21.5 Å². The maximum Gasteiger partial charge on any atom is 0.255 e. The largest absolute Gasteiger partial charge is 0.744 e. The number of carbonyl (C=O) groups is 1. The number of nitrogens with zero attached hydrogens (tertiary/aromatic N) is 2. The predicted octanol–water partition coefficient (Wildman–Crippen LogP) is 6.95. The Bertz CT molecular complexity index is 2580. The van der Waals surface area contributed by atoms with Crippen LogP contribution >= 0.6 is 0 Å². The molecule has 56 heavy (non-hydrogen) atoms. The molecule has 0 aliphatic rings. The molecule has 0 aliphatic carbocycles. The van der Waals surface area contributed by atoms with E-state index in [-0.39, 0.29) is 15.7 Å². The first-order chi connectivity index (χ1) is 26.6. The summed E-state index contributed by atoms with van der Waals surface area (Å²) in [7, 11) is -4.51. The number of benzene rings is 5. The molecule has 13 heteroatoms. The Morgan fingerprint density at radius 3 is 1.55 bits per heavy atom. The minimum absolute atomic E-state index is 0.136. The van der Waals surface area contributed by atoms with Gasteiger partial charge < -0.3 is 19.7 Å². The number of anilines is 3.